The molecule has 0 aliphatic heterocycles. The van der Waals surface area contributed by atoms with Crippen molar-refractivity contribution in [2.24, 2.45) is 0 Å². The monoisotopic (exact) mass is 156 g/mol. The molecule has 0 saturated carbocycles. The van der Waals surface area contributed by atoms with Crippen molar-refractivity contribution in [3.63, 3.8) is 0 Å². The molecule has 0 N–H and O–H groups in total. The molecule has 0 spiro atoms. The van der Waals surface area contributed by atoms with Crippen LogP contribution in [0, 0.1) is 0 Å². The van der Waals surface area contributed by atoms with E-state index in [0.717, 1.165) is 0 Å². The van der Waals surface area contributed by atoms with E-state index in [0.29, 0.717) is 0 Å². The fourth-order valence-electron chi connectivity index (χ4n) is 0.701. The number of Topliss-reactive ketones (excluding diaryl/α,β-unsaturated/α-hetero) is 1. The smallest absolute Gasteiger partial charge is 0.234 e. The molecule has 0 unspecified atom stereocenters. The van der Waals surface area contributed by atoms with Gasteiger partial charge in [-0.2, -0.15) is 0 Å². The average molecular weight is 156 g/mol. The molecule has 60 valence electrons. The molecule has 3 heteroatoms. The Kier molecular flexibility index (Phi) is 1.81. The summed E-state index contributed by atoms with van der Waals surface area (Å²) >= 11 is 0. The highest BCUT2D eigenvalue weighted by Crippen LogP contribution is 2.16. The van der Waals surface area contributed by atoms with E-state index in [1.165, 1.54) is 26.2 Å². The number of hydrogen-bond acceptors (Lipinski definition) is 2. The minimum atomic E-state index is -1.85. The van der Waals surface area contributed by atoms with Crippen molar-refractivity contribution in [2.75, 3.05) is 0 Å². The topological polar surface area (TPSA) is 30.2 Å². The van der Waals surface area contributed by atoms with Gasteiger partial charge in [-0.05, 0) is 26.0 Å². The Hall–Kier alpha value is -1.12. The lowest BCUT2D eigenvalue weighted by Crippen LogP contribution is -2.25. The predicted molar refractivity (Wildman–Crippen MR) is 38.2 cm³/mol. The normalized spacial score (nSPS) is 11.5. The van der Waals surface area contributed by atoms with Gasteiger partial charge in [-0.25, -0.2) is 4.39 Å². The highest BCUT2D eigenvalue weighted by molar-refractivity contribution is 5.99. The van der Waals surface area contributed by atoms with Gasteiger partial charge in [0.2, 0.25) is 5.78 Å². The van der Waals surface area contributed by atoms with E-state index in [1.54, 1.807) is 6.07 Å². The minimum absolute atomic E-state index is 0.0671. The maximum Gasteiger partial charge on any atom is 0.234 e. The second kappa shape index (κ2) is 2.49. The van der Waals surface area contributed by atoms with E-state index >= 15 is 0 Å². The summed E-state index contributed by atoms with van der Waals surface area (Å²) in [6.07, 6.45) is 1.35. The van der Waals surface area contributed by atoms with Crippen molar-refractivity contribution in [3.05, 3.63) is 24.2 Å². The number of carbonyl (C=O) groups is 1. The maximum absolute atomic E-state index is 12.9. The summed E-state index contributed by atoms with van der Waals surface area (Å²) < 4.78 is 17.7. The van der Waals surface area contributed by atoms with Crippen LogP contribution in [0.4, 0.5) is 4.39 Å². The maximum atomic E-state index is 12.9. The van der Waals surface area contributed by atoms with E-state index in [-0.39, 0.29) is 5.76 Å². The highest BCUT2D eigenvalue weighted by atomic mass is 19.1. The molecule has 0 aliphatic carbocycles. The lowest BCUT2D eigenvalue weighted by Gasteiger charge is -2.08. The molecular weight excluding hydrogens is 147 g/mol. The zero-order valence-electron chi connectivity index (χ0n) is 6.43. The summed E-state index contributed by atoms with van der Waals surface area (Å²) in [6, 6.07) is 3.00. The first-order chi connectivity index (χ1) is 5.02. The highest BCUT2D eigenvalue weighted by Gasteiger charge is 2.29. The van der Waals surface area contributed by atoms with E-state index in [9.17, 15) is 9.18 Å². The van der Waals surface area contributed by atoms with Crippen LogP contribution < -0.4 is 0 Å². The van der Waals surface area contributed by atoms with Crippen LogP contribution >= 0.6 is 0 Å². The quantitative estimate of drug-likeness (QED) is 0.614. The van der Waals surface area contributed by atoms with Crippen molar-refractivity contribution in [1.82, 2.24) is 0 Å². The van der Waals surface area contributed by atoms with Crippen molar-refractivity contribution >= 4 is 5.78 Å². The number of halogens is 1. The number of rotatable bonds is 2. The Morgan fingerprint density at radius 3 is 2.64 bits per heavy atom. The van der Waals surface area contributed by atoms with Gasteiger partial charge in [0.25, 0.3) is 0 Å². The fraction of sp³-hybridized carbons (Fsp3) is 0.375. The summed E-state index contributed by atoms with van der Waals surface area (Å²) in [5.41, 5.74) is -1.85. The summed E-state index contributed by atoms with van der Waals surface area (Å²) in [7, 11) is 0. The molecular formula is C8H9FO2. The van der Waals surface area contributed by atoms with Gasteiger partial charge < -0.3 is 4.42 Å². The Labute approximate surface area is 64.0 Å². The van der Waals surface area contributed by atoms with Gasteiger partial charge in [-0.3, -0.25) is 4.79 Å². The van der Waals surface area contributed by atoms with Gasteiger partial charge in [-0.1, -0.05) is 0 Å². The van der Waals surface area contributed by atoms with Crippen LogP contribution in [0.15, 0.2) is 22.8 Å². The molecule has 11 heavy (non-hydrogen) atoms. The van der Waals surface area contributed by atoms with Crippen molar-refractivity contribution in [2.45, 2.75) is 19.5 Å². The second-order valence-corrected chi connectivity index (χ2v) is 2.78. The molecule has 0 atom stereocenters. The van der Waals surface area contributed by atoms with Gasteiger partial charge in [0, 0.05) is 0 Å². The van der Waals surface area contributed by atoms with Gasteiger partial charge in [0.15, 0.2) is 11.4 Å². The van der Waals surface area contributed by atoms with Crippen LogP contribution in [-0.2, 0) is 0 Å². The first-order valence-corrected chi connectivity index (χ1v) is 3.29. The second-order valence-electron chi connectivity index (χ2n) is 2.78. The Balaban J connectivity index is 2.88. The third-order valence-electron chi connectivity index (χ3n) is 1.28. The molecule has 1 aromatic rings. The predicted octanol–water partition coefficient (Wildman–Crippen LogP) is 2.21. The molecule has 0 aromatic carbocycles. The summed E-state index contributed by atoms with van der Waals surface area (Å²) in [5, 5.41) is 0. The van der Waals surface area contributed by atoms with Crippen molar-refractivity contribution < 1.29 is 13.6 Å². The Morgan fingerprint density at radius 2 is 2.27 bits per heavy atom. The van der Waals surface area contributed by atoms with Gasteiger partial charge in [0.05, 0.1) is 6.26 Å². The van der Waals surface area contributed by atoms with Crippen LogP contribution in [0.2, 0.25) is 0 Å². The average Bonchev–Trinajstić information content (AvgIpc) is 2.34. The first kappa shape index (κ1) is 7.98. The molecule has 2 nitrogen and oxygen atoms in total. The third-order valence-corrected chi connectivity index (χ3v) is 1.28. The van der Waals surface area contributed by atoms with Crippen molar-refractivity contribution in [3.8, 4) is 0 Å². The molecule has 0 aliphatic rings. The largest absolute Gasteiger partial charge is 0.461 e. The summed E-state index contributed by atoms with van der Waals surface area (Å²) in [5.74, 6) is -0.556. The molecule has 1 heterocycles. The lowest BCUT2D eigenvalue weighted by molar-refractivity contribution is 0.0730. The van der Waals surface area contributed by atoms with Crippen molar-refractivity contribution in [1.29, 1.82) is 0 Å². The SMILES string of the molecule is CC(C)(F)C(=O)c1ccco1. The van der Waals surface area contributed by atoms with Gasteiger partial charge >= 0.3 is 0 Å². The van der Waals surface area contributed by atoms with Gasteiger partial charge in [-0.15, -0.1) is 0 Å². The third kappa shape index (κ3) is 1.67. The standard InChI is InChI=1S/C8H9FO2/c1-8(2,9)7(10)6-4-3-5-11-6/h3-5H,1-2H3. The number of ketones is 1. The molecule has 1 rings (SSSR count). The van der Waals surface area contributed by atoms with Gasteiger partial charge in [0.1, 0.15) is 0 Å². The molecule has 1 aromatic heterocycles. The van der Waals surface area contributed by atoms with E-state index in [1.807, 2.05) is 0 Å². The molecule has 0 amide bonds. The molecule has 0 saturated heterocycles. The fourth-order valence-corrected chi connectivity index (χ4v) is 0.701. The van der Waals surface area contributed by atoms with E-state index in [4.69, 9.17) is 4.42 Å². The van der Waals surface area contributed by atoms with Crippen LogP contribution in [0.3, 0.4) is 0 Å². The number of carbonyl (C=O) groups excluding carboxylic acids is 1. The molecule has 0 bridgehead atoms. The minimum Gasteiger partial charge on any atom is -0.461 e. The number of furan rings is 1. The molecule has 0 radical (unpaired) electrons. The molecule has 0 fully saturated rings. The summed E-state index contributed by atoms with van der Waals surface area (Å²) in [4.78, 5) is 11.1. The zero-order valence-corrected chi connectivity index (χ0v) is 6.43. The van der Waals surface area contributed by atoms with Crippen LogP contribution in [-0.4, -0.2) is 11.5 Å². The number of alkyl halides is 1. The van der Waals surface area contributed by atoms with Crippen LogP contribution in [0.5, 0.6) is 0 Å². The Morgan fingerprint density at radius 1 is 1.64 bits per heavy atom. The Bertz CT molecular complexity index is 244. The van der Waals surface area contributed by atoms with Crippen LogP contribution in [0.25, 0.3) is 0 Å². The summed E-state index contributed by atoms with van der Waals surface area (Å²) in [6.45, 7) is 2.41. The van der Waals surface area contributed by atoms with E-state index in [2.05, 4.69) is 0 Å². The van der Waals surface area contributed by atoms with E-state index < -0.39 is 11.5 Å². The zero-order chi connectivity index (χ0) is 8.48. The lowest BCUT2D eigenvalue weighted by atomic mass is 10.0. The first-order valence-electron chi connectivity index (χ1n) is 3.29. The van der Waals surface area contributed by atoms with Crippen LogP contribution in [0.1, 0.15) is 24.4 Å². The number of hydrogen-bond donors (Lipinski definition) is 0.